The largest absolute Gasteiger partial charge is 0.345 e. The Labute approximate surface area is 185 Å². The standard InChI is InChI=1S/C26H34N2O3/c1-2-22(18-29)27-26(31)24(20-13-7-4-8-14-20)28-25(30)23-16-10-9-15-21(23)17-19-11-5-3-6-12-19/h3,5-6,9-12,16,18,20-22,24H,2,4,7-8,13-15,17H2,1H3,(H,27,31)(H,28,30)/t21?,22-,24?/m0/s1. The van der Waals surface area contributed by atoms with E-state index < -0.39 is 12.1 Å². The predicted molar refractivity (Wildman–Crippen MR) is 122 cm³/mol. The van der Waals surface area contributed by atoms with Gasteiger partial charge in [-0.15, -0.1) is 0 Å². The minimum atomic E-state index is -0.606. The molecule has 0 bridgehead atoms. The van der Waals surface area contributed by atoms with Crippen LogP contribution in [0.3, 0.4) is 0 Å². The molecule has 2 aliphatic carbocycles. The number of hydrogen-bond donors (Lipinski definition) is 2. The maximum Gasteiger partial charge on any atom is 0.248 e. The third-order valence-electron chi connectivity index (χ3n) is 6.48. The third kappa shape index (κ3) is 6.39. The summed E-state index contributed by atoms with van der Waals surface area (Å²) in [6.07, 6.45) is 13.9. The van der Waals surface area contributed by atoms with Crippen LogP contribution in [-0.4, -0.2) is 30.2 Å². The van der Waals surface area contributed by atoms with E-state index in [2.05, 4.69) is 28.8 Å². The Balaban J connectivity index is 1.74. The molecule has 2 aliphatic rings. The summed E-state index contributed by atoms with van der Waals surface area (Å²) < 4.78 is 0. The summed E-state index contributed by atoms with van der Waals surface area (Å²) in [6, 6.07) is 9.05. The number of rotatable bonds is 9. The van der Waals surface area contributed by atoms with Crippen molar-refractivity contribution in [1.29, 1.82) is 0 Å². The van der Waals surface area contributed by atoms with Gasteiger partial charge in [-0.05, 0) is 49.5 Å². The van der Waals surface area contributed by atoms with Gasteiger partial charge >= 0.3 is 0 Å². The van der Waals surface area contributed by atoms with Gasteiger partial charge in [0.15, 0.2) is 0 Å². The van der Waals surface area contributed by atoms with Gasteiger partial charge in [-0.1, -0.05) is 74.7 Å². The number of aldehydes is 1. The maximum absolute atomic E-state index is 13.3. The molecule has 0 heterocycles. The van der Waals surface area contributed by atoms with Crippen molar-refractivity contribution in [1.82, 2.24) is 10.6 Å². The summed E-state index contributed by atoms with van der Waals surface area (Å²) in [4.78, 5) is 37.6. The summed E-state index contributed by atoms with van der Waals surface area (Å²) in [5.74, 6) is -0.226. The number of hydrogen-bond acceptors (Lipinski definition) is 3. The molecule has 0 aromatic heterocycles. The van der Waals surface area contributed by atoms with Crippen LogP contribution in [0.5, 0.6) is 0 Å². The molecule has 31 heavy (non-hydrogen) atoms. The van der Waals surface area contributed by atoms with E-state index in [-0.39, 0.29) is 23.7 Å². The number of nitrogens with one attached hydrogen (secondary N) is 2. The molecule has 0 radical (unpaired) electrons. The lowest BCUT2D eigenvalue weighted by molar-refractivity contribution is -0.130. The summed E-state index contributed by atoms with van der Waals surface area (Å²) in [5, 5.41) is 5.87. The Bertz CT molecular complexity index is 809. The fourth-order valence-corrected chi connectivity index (χ4v) is 4.62. The summed E-state index contributed by atoms with van der Waals surface area (Å²) in [7, 11) is 0. The number of benzene rings is 1. The highest BCUT2D eigenvalue weighted by Gasteiger charge is 2.33. The molecule has 2 unspecified atom stereocenters. The minimum absolute atomic E-state index is 0.0841. The van der Waals surface area contributed by atoms with Crippen molar-refractivity contribution in [3.8, 4) is 0 Å². The van der Waals surface area contributed by atoms with Crippen LogP contribution in [-0.2, 0) is 20.8 Å². The van der Waals surface area contributed by atoms with Gasteiger partial charge in [-0.25, -0.2) is 0 Å². The van der Waals surface area contributed by atoms with Gasteiger partial charge in [0.1, 0.15) is 12.3 Å². The van der Waals surface area contributed by atoms with Gasteiger partial charge in [-0.2, -0.15) is 0 Å². The van der Waals surface area contributed by atoms with Gasteiger partial charge in [0.05, 0.1) is 6.04 Å². The van der Waals surface area contributed by atoms with Crippen LogP contribution in [0.15, 0.2) is 54.1 Å². The fraction of sp³-hybridized carbons (Fsp3) is 0.500. The first-order chi connectivity index (χ1) is 15.1. The van der Waals surface area contributed by atoms with Gasteiger partial charge in [-0.3, -0.25) is 9.59 Å². The molecule has 3 rings (SSSR count). The first-order valence-corrected chi connectivity index (χ1v) is 11.6. The second kappa shape index (κ2) is 11.6. The van der Waals surface area contributed by atoms with E-state index in [4.69, 9.17) is 0 Å². The molecule has 0 spiro atoms. The highest BCUT2D eigenvalue weighted by molar-refractivity contribution is 5.98. The zero-order valence-corrected chi connectivity index (χ0v) is 18.4. The van der Waals surface area contributed by atoms with Gasteiger partial charge in [0, 0.05) is 5.57 Å². The molecular formula is C26H34N2O3. The number of amides is 2. The maximum atomic E-state index is 13.3. The number of allylic oxidation sites excluding steroid dienone is 3. The quantitative estimate of drug-likeness (QED) is 0.593. The first kappa shape index (κ1) is 23.0. The molecule has 5 nitrogen and oxygen atoms in total. The van der Waals surface area contributed by atoms with Crippen molar-refractivity contribution in [2.75, 3.05) is 0 Å². The summed E-state index contributed by atoms with van der Waals surface area (Å²) >= 11 is 0. The highest BCUT2D eigenvalue weighted by Crippen LogP contribution is 2.29. The van der Waals surface area contributed by atoms with E-state index in [1.54, 1.807) is 0 Å². The van der Waals surface area contributed by atoms with Crippen LogP contribution in [0.1, 0.15) is 57.4 Å². The zero-order chi connectivity index (χ0) is 22.1. The van der Waals surface area contributed by atoms with Crippen molar-refractivity contribution in [2.24, 2.45) is 11.8 Å². The average molecular weight is 423 g/mol. The summed E-state index contributed by atoms with van der Waals surface area (Å²) in [6.45, 7) is 1.86. The van der Waals surface area contributed by atoms with Crippen molar-refractivity contribution >= 4 is 18.1 Å². The minimum Gasteiger partial charge on any atom is -0.345 e. The number of carbonyl (C=O) groups excluding carboxylic acids is 3. The van der Waals surface area contributed by atoms with Crippen LogP contribution in [0.25, 0.3) is 0 Å². The van der Waals surface area contributed by atoms with E-state index in [0.717, 1.165) is 50.4 Å². The predicted octanol–water partition coefficient (Wildman–Crippen LogP) is 3.89. The third-order valence-corrected chi connectivity index (χ3v) is 6.48. The second-order valence-electron chi connectivity index (χ2n) is 8.68. The van der Waals surface area contributed by atoms with Crippen LogP contribution in [0.2, 0.25) is 0 Å². The monoisotopic (exact) mass is 422 g/mol. The van der Waals surface area contributed by atoms with Gasteiger partial charge < -0.3 is 15.4 Å². The molecule has 1 saturated carbocycles. The first-order valence-electron chi connectivity index (χ1n) is 11.6. The Morgan fingerprint density at radius 3 is 2.52 bits per heavy atom. The van der Waals surface area contributed by atoms with Gasteiger partial charge in [0.2, 0.25) is 11.8 Å². The molecule has 1 aromatic rings. The lowest BCUT2D eigenvalue weighted by Crippen LogP contribution is -2.54. The van der Waals surface area contributed by atoms with E-state index in [1.165, 1.54) is 12.0 Å². The molecule has 0 aliphatic heterocycles. The van der Waals surface area contributed by atoms with Crippen LogP contribution >= 0.6 is 0 Å². The van der Waals surface area contributed by atoms with Crippen molar-refractivity contribution in [3.63, 3.8) is 0 Å². The summed E-state index contributed by atoms with van der Waals surface area (Å²) in [5.41, 5.74) is 1.92. The van der Waals surface area contributed by atoms with Crippen LogP contribution < -0.4 is 10.6 Å². The molecule has 2 N–H and O–H groups in total. The molecule has 0 saturated heterocycles. The molecule has 5 heteroatoms. The van der Waals surface area contributed by atoms with E-state index >= 15 is 0 Å². The molecule has 166 valence electrons. The fourth-order valence-electron chi connectivity index (χ4n) is 4.62. The molecule has 1 aromatic carbocycles. The van der Waals surface area contributed by atoms with E-state index in [9.17, 15) is 14.4 Å². The molecule has 1 fully saturated rings. The van der Waals surface area contributed by atoms with Gasteiger partial charge in [0.25, 0.3) is 0 Å². The van der Waals surface area contributed by atoms with Crippen molar-refractivity contribution in [3.05, 3.63) is 59.7 Å². The normalized spacial score (nSPS) is 20.9. The second-order valence-corrected chi connectivity index (χ2v) is 8.68. The Hall–Kier alpha value is -2.69. The molecular weight excluding hydrogens is 388 g/mol. The average Bonchev–Trinajstić information content (AvgIpc) is 2.82. The van der Waals surface area contributed by atoms with Crippen molar-refractivity contribution in [2.45, 2.75) is 70.4 Å². The van der Waals surface area contributed by atoms with Crippen LogP contribution in [0.4, 0.5) is 0 Å². The SMILES string of the molecule is CC[C@@H](C=O)NC(=O)C(NC(=O)C1=CC=CCC1Cc1ccccc1)C1CCCCC1. The number of carbonyl (C=O) groups is 3. The Morgan fingerprint density at radius 1 is 1.10 bits per heavy atom. The van der Waals surface area contributed by atoms with E-state index in [0.29, 0.717) is 6.42 Å². The topological polar surface area (TPSA) is 75.3 Å². The van der Waals surface area contributed by atoms with E-state index in [1.807, 2.05) is 37.3 Å². The smallest absolute Gasteiger partial charge is 0.248 e. The van der Waals surface area contributed by atoms with Crippen molar-refractivity contribution < 1.29 is 14.4 Å². The molecule has 2 amide bonds. The lowest BCUT2D eigenvalue weighted by atomic mass is 9.82. The zero-order valence-electron chi connectivity index (χ0n) is 18.4. The lowest BCUT2D eigenvalue weighted by Gasteiger charge is -2.32. The van der Waals surface area contributed by atoms with Crippen LogP contribution in [0, 0.1) is 11.8 Å². The Morgan fingerprint density at radius 2 is 1.84 bits per heavy atom. The highest BCUT2D eigenvalue weighted by atomic mass is 16.2. The Kier molecular flexibility index (Phi) is 8.63. The molecule has 3 atom stereocenters.